The van der Waals surface area contributed by atoms with Gasteiger partial charge in [-0.3, -0.25) is 9.59 Å². The molecule has 36 heavy (non-hydrogen) atoms. The van der Waals surface area contributed by atoms with Crippen LogP contribution >= 0.6 is 0 Å². The maximum atomic E-state index is 12.9. The largest absolute Gasteiger partial charge is 0.493 e. The van der Waals surface area contributed by atoms with Gasteiger partial charge in [0.25, 0.3) is 5.91 Å². The lowest BCUT2D eigenvalue weighted by molar-refractivity contribution is -0.114. The van der Waals surface area contributed by atoms with Crippen molar-refractivity contribution in [3.05, 3.63) is 84.5 Å². The van der Waals surface area contributed by atoms with E-state index in [9.17, 15) is 9.59 Å². The van der Waals surface area contributed by atoms with Crippen molar-refractivity contribution < 1.29 is 23.8 Å². The molecule has 2 rings (SSSR count). The summed E-state index contributed by atoms with van der Waals surface area (Å²) in [6, 6.07) is 15.4. The molecule has 0 radical (unpaired) electrons. The van der Waals surface area contributed by atoms with Gasteiger partial charge in [-0.2, -0.15) is 0 Å². The first-order valence-corrected chi connectivity index (χ1v) is 12.7. The van der Waals surface area contributed by atoms with Gasteiger partial charge < -0.3 is 19.5 Å². The van der Waals surface area contributed by atoms with Gasteiger partial charge >= 0.3 is 0 Å². The van der Waals surface area contributed by atoms with E-state index in [2.05, 4.69) is 18.8 Å². The molecule has 0 saturated heterocycles. The second kappa shape index (κ2) is 19.9. The molecule has 1 N–H and O–H groups in total. The predicted octanol–water partition coefficient (Wildman–Crippen LogP) is 6.31. The number of rotatable bonds is 16. The Kier molecular flexibility index (Phi) is 16.9. The molecule has 0 aromatic heterocycles. The predicted molar refractivity (Wildman–Crippen MR) is 146 cm³/mol. The summed E-state index contributed by atoms with van der Waals surface area (Å²) < 4.78 is 16.9. The van der Waals surface area contributed by atoms with Crippen LogP contribution in [0.15, 0.2) is 73.3 Å². The van der Waals surface area contributed by atoms with Crippen LogP contribution in [0, 0.1) is 0 Å². The van der Waals surface area contributed by atoms with E-state index in [1.165, 1.54) is 0 Å². The van der Waals surface area contributed by atoms with Gasteiger partial charge in [0.1, 0.15) is 11.5 Å². The zero-order chi connectivity index (χ0) is 26.4. The lowest BCUT2D eigenvalue weighted by Gasteiger charge is -2.17. The van der Waals surface area contributed by atoms with E-state index in [4.69, 9.17) is 14.2 Å². The van der Waals surface area contributed by atoms with E-state index in [1.807, 2.05) is 50.2 Å². The molecule has 196 valence electrons. The highest BCUT2D eigenvalue weighted by atomic mass is 16.7. The van der Waals surface area contributed by atoms with Crippen molar-refractivity contribution in [2.24, 2.45) is 0 Å². The second-order valence-electron chi connectivity index (χ2n) is 7.85. The highest BCUT2D eigenvalue weighted by Crippen LogP contribution is 2.30. The molecule has 0 aliphatic rings. The van der Waals surface area contributed by atoms with Crippen LogP contribution in [-0.4, -0.2) is 38.2 Å². The summed E-state index contributed by atoms with van der Waals surface area (Å²) >= 11 is 0. The molecule has 6 nitrogen and oxygen atoms in total. The first-order chi connectivity index (χ1) is 17.6. The van der Waals surface area contributed by atoms with Crippen LogP contribution in [0.25, 0.3) is 0 Å². The fraction of sp³-hybridized carbons (Fsp3) is 0.400. The van der Waals surface area contributed by atoms with Crippen LogP contribution in [-0.2, 0) is 16.0 Å². The molecule has 0 aliphatic carbocycles. The number of ketones is 1. The molecule has 0 aliphatic heterocycles. The summed E-state index contributed by atoms with van der Waals surface area (Å²) in [5, 5.41) is 2.86. The van der Waals surface area contributed by atoms with Crippen LogP contribution in [0.4, 0.5) is 0 Å². The van der Waals surface area contributed by atoms with E-state index in [0.717, 1.165) is 19.3 Å². The van der Waals surface area contributed by atoms with Crippen molar-refractivity contribution in [3.63, 3.8) is 0 Å². The number of benzene rings is 2. The number of hydrogen-bond acceptors (Lipinski definition) is 5. The molecule has 0 heterocycles. The van der Waals surface area contributed by atoms with Crippen LogP contribution in [0.1, 0.15) is 62.4 Å². The smallest absolute Gasteiger partial charge is 0.255 e. The molecule has 2 aromatic carbocycles. The van der Waals surface area contributed by atoms with Gasteiger partial charge in [0.2, 0.25) is 0 Å². The third-order valence-electron chi connectivity index (χ3n) is 4.86. The van der Waals surface area contributed by atoms with Crippen molar-refractivity contribution >= 4 is 11.7 Å². The van der Waals surface area contributed by atoms with Gasteiger partial charge in [0.15, 0.2) is 12.6 Å². The minimum absolute atomic E-state index is 0.00494. The summed E-state index contributed by atoms with van der Waals surface area (Å²) in [5.74, 6) is 0.528. The Bertz CT molecular complexity index is 898. The van der Waals surface area contributed by atoms with E-state index < -0.39 is 0 Å². The SMILES string of the molecule is C=CCCNC(=O)c1c(CC(=O)/C=C/CC)cc(OCCCC)cc1OCOCC.c1ccccc1. The van der Waals surface area contributed by atoms with E-state index in [1.54, 1.807) is 30.4 Å². The van der Waals surface area contributed by atoms with Crippen molar-refractivity contribution in [1.82, 2.24) is 5.32 Å². The fourth-order valence-electron chi connectivity index (χ4n) is 3.02. The molecule has 2 aromatic rings. The third kappa shape index (κ3) is 12.9. The average Bonchev–Trinajstić information content (AvgIpc) is 2.89. The van der Waals surface area contributed by atoms with Gasteiger partial charge in [0.05, 0.1) is 12.2 Å². The van der Waals surface area contributed by atoms with Crippen molar-refractivity contribution in [2.45, 2.75) is 52.9 Å². The third-order valence-corrected chi connectivity index (χ3v) is 4.86. The molecule has 0 saturated carbocycles. The molecule has 0 atom stereocenters. The summed E-state index contributed by atoms with van der Waals surface area (Å²) in [4.78, 5) is 25.3. The van der Waals surface area contributed by atoms with Crippen LogP contribution in [0.3, 0.4) is 0 Å². The normalized spacial score (nSPS) is 10.3. The quantitative estimate of drug-likeness (QED) is 0.128. The summed E-state index contributed by atoms with van der Waals surface area (Å²) in [6.45, 7) is 11.1. The van der Waals surface area contributed by atoms with Gasteiger partial charge in [-0.15, -0.1) is 6.58 Å². The number of unbranched alkanes of at least 4 members (excludes halogenated alkanes) is 1. The summed E-state index contributed by atoms with van der Waals surface area (Å²) in [5.41, 5.74) is 0.900. The standard InChI is InChI=1S/C24H35NO5.C6H6/c1-5-9-12-20(26)15-19-16-21(29-14-11-7-3)17-22(30-18-28-8-4)23(19)24(27)25-13-10-6-2;1-2-4-6-5-3-1/h6,9,12,16-17H,2,5,7-8,10-11,13-15,18H2,1,3-4H3,(H,25,27);1-6H/b12-9+;. The molecule has 0 unspecified atom stereocenters. The number of hydrogen-bond donors (Lipinski definition) is 1. The fourth-order valence-corrected chi connectivity index (χ4v) is 3.02. The van der Waals surface area contributed by atoms with Gasteiger partial charge in [-0.1, -0.05) is 68.8 Å². The van der Waals surface area contributed by atoms with E-state index in [-0.39, 0.29) is 24.9 Å². The number of ether oxygens (including phenoxy) is 3. The Labute approximate surface area is 216 Å². The first kappa shape index (κ1) is 30.7. The number of carbonyl (C=O) groups is 2. The minimum atomic E-state index is -0.300. The molecule has 1 amide bonds. The molecule has 0 spiro atoms. The van der Waals surface area contributed by atoms with E-state index in [0.29, 0.717) is 48.8 Å². The molecule has 6 heteroatoms. The zero-order valence-corrected chi connectivity index (χ0v) is 22.0. The summed E-state index contributed by atoms with van der Waals surface area (Å²) in [7, 11) is 0. The van der Waals surface area contributed by atoms with Crippen molar-refractivity contribution in [3.8, 4) is 11.5 Å². The topological polar surface area (TPSA) is 73.9 Å². The van der Waals surface area contributed by atoms with Crippen LogP contribution < -0.4 is 14.8 Å². The molecule has 0 bridgehead atoms. The average molecular weight is 496 g/mol. The van der Waals surface area contributed by atoms with E-state index >= 15 is 0 Å². The lowest BCUT2D eigenvalue weighted by atomic mass is 9.99. The minimum Gasteiger partial charge on any atom is -0.493 e. The van der Waals surface area contributed by atoms with Crippen molar-refractivity contribution in [1.29, 1.82) is 0 Å². The van der Waals surface area contributed by atoms with Crippen molar-refractivity contribution in [2.75, 3.05) is 26.6 Å². The van der Waals surface area contributed by atoms with Gasteiger partial charge in [-0.05, 0) is 43.9 Å². The Morgan fingerprint density at radius 3 is 2.28 bits per heavy atom. The Balaban J connectivity index is 0.000000936. The molecular weight excluding hydrogens is 454 g/mol. The Hall–Kier alpha value is -3.38. The van der Waals surface area contributed by atoms with Gasteiger partial charge in [0, 0.05) is 25.6 Å². The zero-order valence-electron chi connectivity index (χ0n) is 22.0. The Morgan fingerprint density at radius 2 is 1.69 bits per heavy atom. The lowest BCUT2D eigenvalue weighted by Crippen LogP contribution is -2.26. The van der Waals surface area contributed by atoms with Crippen LogP contribution in [0.5, 0.6) is 11.5 Å². The number of amides is 1. The second-order valence-corrected chi connectivity index (χ2v) is 7.85. The highest BCUT2D eigenvalue weighted by molar-refractivity contribution is 6.01. The Morgan fingerprint density at radius 1 is 1.00 bits per heavy atom. The highest BCUT2D eigenvalue weighted by Gasteiger charge is 2.21. The van der Waals surface area contributed by atoms with Gasteiger partial charge in [-0.25, -0.2) is 0 Å². The number of allylic oxidation sites excluding steroid dienone is 2. The maximum Gasteiger partial charge on any atom is 0.255 e. The number of nitrogens with one attached hydrogen (secondary N) is 1. The van der Waals surface area contributed by atoms with Crippen LogP contribution in [0.2, 0.25) is 0 Å². The maximum absolute atomic E-state index is 12.9. The molecule has 0 fully saturated rings. The number of carbonyl (C=O) groups excluding carboxylic acids is 2. The summed E-state index contributed by atoms with van der Waals surface area (Å²) in [6.07, 6.45) is 8.49. The monoisotopic (exact) mass is 495 g/mol. The first-order valence-electron chi connectivity index (χ1n) is 12.7. The molecular formula is C30H41NO5.